The molecule has 70 valence electrons. The van der Waals surface area contributed by atoms with Gasteiger partial charge in [-0.25, -0.2) is 0 Å². The summed E-state index contributed by atoms with van der Waals surface area (Å²) in [4.78, 5) is 16.8. The molecule has 7 heteroatoms. The Morgan fingerprint density at radius 3 is 2.85 bits per heavy atom. The summed E-state index contributed by atoms with van der Waals surface area (Å²) in [6, 6.07) is -0.105. The molecule has 2 heterocycles. The molecule has 0 saturated carbocycles. The number of carbonyl (C=O) groups excluding carboxylic acids is 1. The lowest BCUT2D eigenvalue weighted by Gasteiger charge is -2.10. The molecule has 2 rings (SSSR count). The number of aromatic amines is 2. The molecule has 1 aromatic heterocycles. The minimum absolute atomic E-state index is 0.0229. The minimum Gasteiger partial charge on any atom is -0.326 e. The first-order chi connectivity index (χ1) is 6.16. The third-order valence-electron chi connectivity index (χ3n) is 1.90. The maximum atomic E-state index is 11.3. The van der Waals surface area contributed by atoms with Gasteiger partial charge in [0.2, 0.25) is 16.6 Å². The standard InChI is InChI=1S/C6H9N5OS/c7-3-1-4(12)11(2-3)5-8-6(13)10-9-5/h3H,1-2,7H2,(H2,8,9,10,13). The second-order valence-electron chi connectivity index (χ2n) is 2.96. The van der Waals surface area contributed by atoms with E-state index in [2.05, 4.69) is 15.2 Å². The van der Waals surface area contributed by atoms with Crippen molar-refractivity contribution >= 4 is 24.1 Å². The lowest BCUT2D eigenvalue weighted by molar-refractivity contribution is -0.117. The van der Waals surface area contributed by atoms with Crippen LogP contribution in [0.5, 0.6) is 0 Å². The molecule has 6 nitrogen and oxygen atoms in total. The second kappa shape index (κ2) is 2.93. The fraction of sp³-hybridized carbons (Fsp3) is 0.500. The molecule has 0 radical (unpaired) electrons. The SMILES string of the molecule is NC1CC(=O)N(c2nc(=S)[nH][nH]2)C1. The lowest BCUT2D eigenvalue weighted by Crippen LogP contribution is -2.28. The van der Waals surface area contributed by atoms with Gasteiger partial charge in [-0.3, -0.25) is 19.9 Å². The molecular weight excluding hydrogens is 190 g/mol. The molecular formula is C6H9N5OS. The number of nitrogens with zero attached hydrogens (tertiary/aromatic N) is 2. The van der Waals surface area contributed by atoms with E-state index in [4.69, 9.17) is 18.0 Å². The van der Waals surface area contributed by atoms with Crippen LogP contribution in [0.1, 0.15) is 6.42 Å². The Labute approximate surface area is 79.1 Å². The third-order valence-corrected chi connectivity index (χ3v) is 2.09. The van der Waals surface area contributed by atoms with Crippen molar-refractivity contribution < 1.29 is 4.79 Å². The van der Waals surface area contributed by atoms with E-state index in [1.165, 1.54) is 4.90 Å². The number of hydrogen-bond acceptors (Lipinski definition) is 4. The van der Waals surface area contributed by atoms with Crippen LogP contribution in [0.2, 0.25) is 0 Å². The largest absolute Gasteiger partial charge is 0.326 e. The molecule has 1 aliphatic rings. The number of anilines is 1. The third kappa shape index (κ3) is 1.47. The van der Waals surface area contributed by atoms with Crippen molar-refractivity contribution in [3.05, 3.63) is 4.77 Å². The maximum Gasteiger partial charge on any atom is 0.231 e. The van der Waals surface area contributed by atoms with Crippen LogP contribution >= 0.6 is 12.2 Å². The van der Waals surface area contributed by atoms with Crippen molar-refractivity contribution in [2.45, 2.75) is 12.5 Å². The molecule has 4 N–H and O–H groups in total. The van der Waals surface area contributed by atoms with Crippen LogP contribution in [0.3, 0.4) is 0 Å². The summed E-state index contributed by atoms with van der Waals surface area (Å²) < 4.78 is 0.336. The highest BCUT2D eigenvalue weighted by Gasteiger charge is 2.29. The zero-order valence-corrected chi connectivity index (χ0v) is 7.60. The zero-order chi connectivity index (χ0) is 9.42. The van der Waals surface area contributed by atoms with Crippen molar-refractivity contribution in [2.24, 2.45) is 5.73 Å². The van der Waals surface area contributed by atoms with Crippen molar-refractivity contribution in [1.82, 2.24) is 15.2 Å². The lowest BCUT2D eigenvalue weighted by atomic mass is 10.3. The Balaban J connectivity index is 2.27. The van der Waals surface area contributed by atoms with Crippen LogP contribution in [-0.4, -0.2) is 33.7 Å². The van der Waals surface area contributed by atoms with Gasteiger partial charge in [-0.1, -0.05) is 0 Å². The van der Waals surface area contributed by atoms with E-state index in [1.54, 1.807) is 0 Å². The number of nitrogens with one attached hydrogen (secondary N) is 2. The number of amides is 1. The van der Waals surface area contributed by atoms with Gasteiger partial charge in [0.05, 0.1) is 0 Å². The predicted molar refractivity (Wildman–Crippen MR) is 48.7 cm³/mol. The van der Waals surface area contributed by atoms with Crippen molar-refractivity contribution in [3.8, 4) is 0 Å². The smallest absolute Gasteiger partial charge is 0.231 e. The highest BCUT2D eigenvalue weighted by Crippen LogP contribution is 2.15. The number of rotatable bonds is 1. The van der Waals surface area contributed by atoms with E-state index in [-0.39, 0.29) is 11.9 Å². The molecule has 0 aromatic carbocycles. The normalized spacial score (nSPS) is 22.7. The number of aromatic nitrogens is 3. The minimum atomic E-state index is -0.105. The van der Waals surface area contributed by atoms with Gasteiger partial charge in [-0.15, -0.1) is 0 Å². The molecule has 13 heavy (non-hydrogen) atoms. The fourth-order valence-electron chi connectivity index (χ4n) is 1.33. The van der Waals surface area contributed by atoms with Gasteiger partial charge >= 0.3 is 0 Å². The predicted octanol–water partition coefficient (Wildman–Crippen LogP) is -0.469. The Morgan fingerprint density at radius 2 is 2.38 bits per heavy atom. The Bertz CT molecular complexity index is 382. The monoisotopic (exact) mass is 199 g/mol. The quantitative estimate of drug-likeness (QED) is 0.533. The molecule has 1 unspecified atom stereocenters. The molecule has 1 amide bonds. The average molecular weight is 199 g/mol. The van der Waals surface area contributed by atoms with Crippen LogP contribution in [-0.2, 0) is 4.79 Å². The van der Waals surface area contributed by atoms with Crippen LogP contribution in [0.15, 0.2) is 0 Å². The summed E-state index contributed by atoms with van der Waals surface area (Å²) in [5.74, 6) is 0.424. The first kappa shape index (κ1) is 8.39. The number of carbonyl (C=O) groups is 1. The first-order valence-electron chi connectivity index (χ1n) is 3.87. The molecule has 1 aromatic rings. The van der Waals surface area contributed by atoms with E-state index in [9.17, 15) is 4.79 Å². The second-order valence-corrected chi connectivity index (χ2v) is 3.35. The molecule has 1 aliphatic heterocycles. The highest BCUT2D eigenvalue weighted by atomic mass is 32.1. The van der Waals surface area contributed by atoms with Crippen molar-refractivity contribution in [3.63, 3.8) is 0 Å². The van der Waals surface area contributed by atoms with Gasteiger partial charge in [0.1, 0.15) is 0 Å². The van der Waals surface area contributed by atoms with Crippen LogP contribution in [0, 0.1) is 4.77 Å². The number of H-pyrrole nitrogens is 2. The number of nitrogens with two attached hydrogens (primary N) is 1. The summed E-state index contributed by atoms with van der Waals surface area (Å²) in [5, 5.41) is 5.33. The Hall–Kier alpha value is -1.21. The van der Waals surface area contributed by atoms with E-state index in [0.29, 0.717) is 23.7 Å². The van der Waals surface area contributed by atoms with Crippen molar-refractivity contribution in [1.29, 1.82) is 0 Å². The fourth-order valence-corrected chi connectivity index (χ4v) is 1.47. The summed E-state index contributed by atoms with van der Waals surface area (Å²) in [6.07, 6.45) is 0.369. The Kier molecular flexibility index (Phi) is 1.89. The molecule has 1 fully saturated rings. The van der Waals surface area contributed by atoms with E-state index in [0.717, 1.165) is 0 Å². The highest BCUT2D eigenvalue weighted by molar-refractivity contribution is 7.71. The summed E-state index contributed by atoms with van der Waals surface area (Å²) in [5.41, 5.74) is 5.62. The van der Waals surface area contributed by atoms with E-state index in [1.807, 2.05) is 0 Å². The number of hydrogen-bond donors (Lipinski definition) is 3. The Morgan fingerprint density at radius 1 is 1.62 bits per heavy atom. The average Bonchev–Trinajstić information content (AvgIpc) is 2.58. The molecule has 1 saturated heterocycles. The molecule has 0 spiro atoms. The van der Waals surface area contributed by atoms with Crippen LogP contribution < -0.4 is 10.6 Å². The maximum absolute atomic E-state index is 11.3. The first-order valence-corrected chi connectivity index (χ1v) is 4.28. The molecule has 0 aliphatic carbocycles. The van der Waals surface area contributed by atoms with E-state index >= 15 is 0 Å². The van der Waals surface area contributed by atoms with Gasteiger partial charge in [0, 0.05) is 19.0 Å². The topological polar surface area (TPSA) is 90.8 Å². The van der Waals surface area contributed by atoms with Gasteiger partial charge in [-0.2, -0.15) is 4.98 Å². The van der Waals surface area contributed by atoms with E-state index < -0.39 is 0 Å². The van der Waals surface area contributed by atoms with Gasteiger partial charge < -0.3 is 5.73 Å². The summed E-state index contributed by atoms with van der Waals surface area (Å²) >= 11 is 4.77. The molecule has 1 atom stereocenters. The van der Waals surface area contributed by atoms with Crippen LogP contribution in [0.4, 0.5) is 5.95 Å². The molecule has 0 bridgehead atoms. The van der Waals surface area contributed by atoms with Gasteiger partial charge in [0.25, 0.3) is 0 Å². The zero-order valence-electron chi connectivity index (χ0n) is 6.78. The van der Waals surface area contributed by atoms with Gasteiger partial charge in [0.15, 0.2) is 0 Å². The summed E-state index contributed by atoms with van der Waals surface area (Å²) in [6.45, 7) is 0.495. The van der Waals surface area contributed by atoms with Gasteiger partial charge in [-0.05, 0) is 12.2 Å². The van der Waals surface area contributed by atoms with Crippen molar-refractivity contribution in [2.75, 3.05) is 11.4 Å². The summed E-state index contributed by atoms with van der Waals surface area (Å²) in [7, 11) is 0. The van der Waals surface area contributed by atoms with Crippen LogP contribution in [0.25, 0.3) is 0 Å².